The SMILES string of the molecule is C[C@H](CC(=O)O)n1c(=O)c2ccc(N=COc3ccccc3)cc2n(Cc2ccco2)c1=O. The normalized spacial score (nSPS) is 12.3. The second kappa shape index (κ2) is 9.39. The number of carbonyl (C=O) groups is 1. The lowest BCUT2D eigenvalue weighted by atomic mass is 10.2. The van der Waals surface area contributed by atoms with Gasteiger partial charge in [-0.15, -0.1) is 0 Å². The Balaban J connectivity index is 1.81. The maximum absolute atomic E-state index is 13.3. The summed E-state index contributed by atoms with van der Waals surface area (Å²) >= 11 is 0. The highest BCUT2D eigenvalue weighted by atomic mass is 16.5. The monoisotopic (exact) mass is 447 g/mol. The van der Waals surface area contributed by atoms with Gasteiger partial charge in [-0.05, 0) is 49.4 Å². The molecule has 0 aliphatic rings. The van der Waals surface area contributed by atoms with E-state index in [9.17, 15) is 14.4 Å². The number of nitrogens with zero attached hydrogens (tertiary/aromatic N) is 3. The Morgan fingerprint density at radius 2 is 1.94 bits per heavy atom. The van der Waals surface area contributed by atoms with Crippen molar-refractivity contribution in [2.45, 2.75) is 25.9 Å². The van der Waals surface area contributed by atoms with E-state index in [0.717, 1.165) is 4.57 Å². The van der Waals surface area contributed by atoms with E-state index in [2.05, 4.69) is 4.99 Å². The first-order valence-corrected chi connectivity index (χ1v) is 10.2. The molecule has 2 aromatic heterocycles. The summed E-state index contributed by atoms with van der Waals surface area (Å²) in [5, 5.41) is 9.42. The van der Waals surface area contributed by atoms with E-state index in [0.29, 0.717) is 22.7 Å². The molecule has 9 heteroatoms. The number of hydrogen-bond acceptors (Lipinski definition) is 6. The third-order valence-electron chi connectivity index (χ3n) is 5.10. The summed E-state index contributed by atoms with van der Waals surface area (Å²) in [5.41, 5.74) is -0.355. The first-order valence-electron chi connectivity index (χ1n) is 10.2. The summed E-state index contributed by atoms with van der Waals surface area (Å²) in [6.07, 6.45) is 2.41. The van der Waals surface area contributed by atoms with E-state index < -0.39 is 23.3 Å². The van der Waals surface area contributed by atoms with Crippen LogP contribution in [-0.4, -0.2) is 26.6 Å². The summed E-state index contributed by atoms with van der Waals surface area (Å²) in [6.45, 7) is 1.59. The number of carboxylic acids is 1. The van der Waals surface area contributed by atoms with Crippen LogP contribution in [0, 0.1) is 0 Å². The molecule has 0 unspecified atom stereocenters. The van der Waals surface area contributed by atoms with E-state index >= 15 is 0 Å². The number of hydrogen-bond donors (Lipinski definition) is 1. The molecule has 9 nitrogen and oxygen atoms in total. The Hall–Kier alpha value is -4.40. The van der Waals surface area contributed by atoms with Gasteiger partial charge < -0.3 is 14.3 Å². The number of rotatable bonds is 8. The Morgan fingerprint density at radius 3 is 2.64 bits per heavy atom. The predicted molar refractivity (Wildman–Crippen MR) is 122 cm³/mol. The molecule has 1 atom stereocenters. The molecule has 1 N–H and O–H groups in total. The zero-order valence-electron chi connectivity index (χ0n) is 17.7. The topological polar surface area (TPSA) is 116 Å². The molecule has 0 bridgehead atoms. The average molecular weight is 447 g/mol. The van der Waals surface area contributed by atoms with Gasteiger partial charge in [0.25, 0.3) is 5.56 Å². The Bertz CT molecular complexity index is 1420. The van der Waals surface area contributed by atoms with E-state index in [1.54, 1.807) is 42.5 Å². The van der Waals surface area contributed by atoms with Gasteiger partial charge in [-0.2, -0.15) is 0 Å². The second-order valence-corrected chi connectivity index (χ2v) is 7.44. The van der Waals surface area contributed by atoms with Crippen molar-refractivity contribution >= 4 is 29.0 Å². The van der Waals surface area contributed by atoms with Crippen LogP contribution in [-0.2, 0) is 11.3 Å². The van der Waals surface area contributed by atoms with Gasteiger partial charge in [0.2, 0.25) is 0 Å². The first-order chi connectivity index (χ1) is 15.9. The Morgan fingerprint density at radius 1 is 1.15 bits per heavy atom. The van der Waals surface area contributed by atoms with E-state index in [4.69, 9.17) is 14.3 Å². The molecule has 0 aliphatic carbocycles. The molecule has 33 heavy (non-hydrogen) atoms. The summed E-state index contributed by atoms with van der Waals surface area (Å²) in [6, 6.07) is 16.5. The predicted octanol–water partition coefficient (Wildman–Crippen LogP) is 3.58. The zero-order chi connectivity index (χ0) is 23.4. The minimum absolute atomic E-state index is 0.0656. The van der Waals surface area contributed by atoms with Gasteiger partial charge in [-0.1, -0.05) is 18.2 Å². The van der Waals surface area contributed by atoms with E-state index in [-0.39, 0.29) is 18.4 Å². The van der Waals surface area contributed by atoms with Crippen molar-refractivity contribution in [2.75, 3.05) is 0 Å². The lowest BCUT2D eigenvalue weighted by molar-refractivity contribution is -0.137. The fraction of sp³-hybridized carbons (Fsp3) is 0.167. The fourth-order valence-electron chi connectivity index (χ4n) is 3.55. The van der Waals surface area contributed by atoms with Crippen LogP contribution in [0.3, 0.4) is 0 Å². The van der Waals surface area contributed by atoms with Crippen LogP contribution >= 0.6 is 0 Å². The van der Waals surface area contributed by atoms with Gasteiger partial charge in [0.05, 0.1) is 35.8 Å². The van der Waals surface area contributed by atoms with Crippen molar-refractivity contribution in [3.8, 4) is 5.75 Å². The van der Waals surface area contributed by atoms with Crippen LogP contribution in [0.4, 0.5) is 5.69 Å². The highest BCUT2D eigenvalue weighted by Gasteiger charge is 2.20. The van der Waals surface area contributed by atoms with Gasteiger partial charge in [0.15, 0.2) is 6.40 Å². The molecule has 2 aromatic carbocycles. The number of ether oxygens (including phenoxy) is 1. The van der Waals surface area contributed by atoms with Crippen molar-refractivity contribution < 1.29 is 19.1 Å². The minimum atomic E-state index is -1.10. The molecule has 4 aromatic rings. The van der Waals surface area contributed by atoms with Gasteiger partial charge >= 0.3 is 11.7 Å². The first kappa shape index (κ1) is 21.8. The molecule has 0 saturated heterocycles. The highest BCUT2D eigenvalue weighted by molar-refractivity contribution is 5.82. The molecule has 0 fully saturated rings. The third kappa shape index (κ3) is 4.77. The molecule has 0 amide bonds. The Kier molecular flexibility index (Phi) is 6.21. The van der Waals surface area contributed by atoms with Gasteiger partial charge in [-0.3, -0.25) is 18.7 Å². The van der Waals surface area contributed by atoms with E-state index in [1.165, 1.54) is 24.2 Å². The minimum Gasteiger partial charge on any atom is -0.481 e. The molecule has 4 rings (SSSR count). The number of carboxylic acid groups (broad SMARTS) is 1. The number of benzene rings is 2. The van der Waals surface area contributed by atoms with Crippen LogP contribution in [0.15, 0.2) is 85.9 Å². The summed E-state index contributed by atoms with van der Waals surface area (Å²) < 4.78 is 13.2. The van der Waals surface area contributed by atoms with Crippen molar-refractivity contribution in [3.05, 3.63) is 93.5 Å². The Labute approximate surface area is 187 Å². The fourth-order valence-corrected chi connectivity index (χ4v) is 3.55. The average Bonchev–Trinajstić information content (AvgIpc) is 3.30. The molecule has 0 aliphatic heterocycles. The smallest absolute Gasteiger partial charge is 0.332 e. The molecule has 0 spiro atoms. The van der Waals surface area contributed by atoms with Gasteiger partial charge in [0.1, 0.15) is 11.5 Å². The molecule has 2 heterocycles. The lowest BCUT2D eigenvalue weighted by Gasteiger charge is -2.17. The number of aliphatic imine (C=N–C) groups is 1. The molecular weight excluding hydrogens is 426 g/mol. The number of aliphatic carboxylic acids is 1. The highest BCUT2D eigenvalue weighted by Crippen LogP contribution is 2.20. The van der Waals surface area contributed by atoms with Crippen LogP contribution in [0.5, 0.6) is 5.75 Å². The summed E-state index contributed by atoms with van der Waals surface area (Å²) in [7, 11) is 0. The summed E-state index contributed by atoms with van der Waals surface area (Å²) in [4.78, 5) is 41.9. The van der Waals surface area contributed by atoms with Gasteiger partial charge in [0, 0.05) is 6.04 Å². The third-order valence-corrected chi connectivity index (χ3v) is 5.10. The van der Waals surface area contributed by atoms with Crippen LogP contribution in [0.2, 0.25) is 0 Å². The molecule has 0 saturated carbocycles. The number of fused-ring (bicyclic) bond motifs is 1. The molecule has 168 valence electrons. The molecule has 0 radical (unpaired) electrons. The molecular formula is C24H21N3O6. The zero-order valence-corrected chi connectivity index (χ0v) is 17.7. The van der Waals surface area contributed by atoms with Crippen molar-refractivity contribution in [1.29, 1.82) is 0 Å². The quantitative estimate of drug-likeness (QED) is 0.326. The van der Waals surface area contributed by atoms with Crippen molar-refractivity contribution in [3.63, 3.8) is 0 Å². The lowest BCUT2D eigenvalue weighted by Crippen LogP contribution is -2.42. The van der Waals surface area contributed by atoms with E-state index in [1.807, 2.05) is 18.2 Å². The van der Waals surface area contributed by atoms with Crippen molar-refractivity contribution in [1.82, 2.24) is 9.13 Å². The second-order valence-electron chi connectivity index (χ2n) is 7.44. The maximum Gasteiger partial charge on any atom is 0.332 e. The van der Waals surface area contributed by atoms with Crippen LogP contribution in [0.25, 0.3) is 10.9 Å². The standard InChI is InChI=1S/C24H21N3O6/c1-16(12-22(28)29)27-23(30)20-10-9-17(25-15-33-18-6-3-2-4-7-18)13-21(20)26(24(27)31)14-19-8-5-11-32-19/h2-11,13,15-16H,12,14H2,1H3,(H,28,29)/t16-/m1/s1. The van der Waals surface area contributed by atoms with Crippen LogP contribution < -0.4 is 16.0 Å². The number of aromatic nitrogens is 2. The largest absolute Gasteiger partial charge is 0.481 e. The summed E-state index contributed by atoms with van der Waals surface area (Å²) in [5.74, 6) is 0.0254. The van der Waals surface area contributed by atoms with Crippen molar-refractivity contribution in [2.24, 2.45) is 4.99 Å². The maximum atomic E-state index is 13.3. The van der Waals surface area contributed by atoms with Gasteiger partial charge in [-0.25, -0.2) is 9.79 Å². The number of para-hydroxylation sites is 1. The van der Waals surface area contributed by atoms with Crippen LogP contribution in [0.1, 0.15) is 25.1 Å². The number of furan rings is 1.